The van der Waals surface area contributed by atoms with Crippen molar-refractivity contribution in [1.29, 1.82) is 0 Å². The molecule has 0 radical (unpaired) electrons. The van der Waals surface area contributed by atoms with Crippen LogP contribution in [0.2, 0.25) is 0 Å². The maximum absolute atomic E-state index is 11.1. The van der Waals surface area contributed by atoms with E-state index >= 15 is 0 Å². The van der Waals surface area contributed by atoms with Gasteiger partial charge in [0.1, 0.15) is 5.78 Å². The second kappa shape index (κ2) is 8.70. The number of Topliss-reactive ketones (excluding diaryl/α,β-unsaturated/α-hetero) is 1. The molecule has 0 heterocycles. The molecule has 0 saturated heterocycles. The summed E-state index contributed by atoms with van der Waals surface area (Å²) >= 11 is 0. The fraction of sp³-hybridized carbons (Fsp3) is 0.786. The minimum absolute atomic E-state index is 0.409. The van der Waals surface area contributed by atoms with E-state index in [1.54, 1.807) is 0 Å². The lowest BCUT2D eigenvalue weighted by molar-refractivity contribution is -0.118. The van der Waals surface area contributed by atoms with Gasteiger partial charge in [-0.1, -0.05) is 31.9 Å². The minimum atomic E-state index is 0.409. The highest BCUT2D eigenvalue weighted by molar-refractivity contribution is 5.77. The van der Waals surface area contributed by atoms with Crippen LogP contribution in [-0.4, -0.2) is 5.78 Å². The third-order valence-electron chi connectivity index (χ3n) is 2.76. The molecule has 0 aromatic rings. The second-order valence-electron chi connectivity index (χ2n) is 4.75. The van der Waals surface area contributed by atoms with Crippen molar-refractivity contribution in [3.05, 3.63) is 11.6 Å². The molecule has 88 valence electrons. The van der Waals surface area contributed by atoms with Crippen molar-refractivity contribution in [2.24, 2.45) is 5.92 Å². The summed E-state index contributed by atoms with van der Waals surface area (Å²) in [6.07, 6.45) is 8.49. The van der Waals surface area contributed by atoms with Crippen molar-refractivity contribution >= 4 is 5.78 Å². The fourth-order valence-electron chi connectivity index (χ4n) is 1.63. The summed E-state index contributed by atoms with van der Waals surface area (Å²) in [6.45, 7) is 8.52. The van der Waals surface area contributed by atoms with Crippen molar-refractivity contribution in [3.8, 4) is 0 Å². The monoisotopic (exact) mass is 210 g/mol. The Kier molecular flexibility index (Phi) is 8.35. The van der Waals surface area contributed by atoms with E-state index in [2.05, 4.69) is 26.8 Å². The topological polar surface area (TPSA) is 17.1 Å². The molecule has 0 saturated carbocycles. The van der Waals surface area contributed by atoms with Crippen molar-refractivity contribution in [2.75, 3.05) is 0 Å². The summed E-state index contributed by atoms with van der Waals surface area (Å²) in [5.41, 5.74) is 1.41. The molecule has 0 aliphatic carbocycles. The molecule has 0 aliphatic rings. The Morgan fingerprint density at radius 2 is 1.93 bits per heavy atom. The van der Waals surface area contributed by atoms with Gasteiger partial charge in [-0.2, -0.15) is 0 Å². The van der Waals surface area contributed by atoms with Gasteiger partial charge in [-0.3, -0.25) is 4.79 Å². The Morgan fingerprint density at radius 3 is 2.47 bits per heavy atom. The summed E-state index contributed by atoms with van der Waals surface area (Å²) < 4.78 is 0. The van der Waals surface area contributed by atoms with E-state index in [0.717, 1.165) is 18.8 Å². The number of carbonyl (C=O) groups excluding carboxylic acids is 1. The van der Waals surface area contributed by atoms with Crippen LogP contribution in [0.15, 0.2) is 11.6 Å². The van der Waals surface area contributed by atoms with Gasteiger partial charge in [0.25, 0.3) is 0 Å². The van der Waals surface area contributed by atoms with Crippen LogP contribution in [-0.2, 0) is 4.79 Å². The van der Waals surface area contributed by atoms with E-state index in [-0.39, 0.29) is 0 Å². The molecule has 0 bridgehead atoms. The zero-order valence-corrected chi connectivity index (χ0v) is 10.8. The zero-order valence-electron chi connectivity index (χ0n) is 10.8. The van der Waals surface area contributed by atoms with E-state index in [9.17, 15) is 4.79 Å². The first-order valence-electron chi connectivity index (χ1n) is 6.21. The SMILES string of the molecule is CCC(=O)CCCC(C)CCC=C(C)C. The molecule has 0 aliphatic heterocycles. The largest absolute Gasteiger partial charge is 0.300 e. The smallest absolute Gasteiger partial charge is 0.132 e. The van der Waals surface area contributed by atoms with Gasteiger partial charge < -0.3 is 0 Å². The van der Waals surface area contributed by atoms with E-state index in [0.29, 0.717) is 12.2 Å². The predicted molar refractivity (Wildman–Crippen MR) is 67.0 cm³/mol. The first-order valence-corrected chi connectivity index (χ1v) is 6.21. The highest BCUT2D eigenvalue weighted by Gasteiger charge is 2.03. The highest BCUT2D eigenvalue weighted by Crippen LogP contribution is 2.15. The van der Waals surface area contributed by atoms with Crippen LogP contribution in [0, 0.1) is 5.92 Å². The summed E-state index contributed by atoms with van der Waals surface area (Å²) in [7, 11) is 0. The Labute approximate surface area is 95.0 Å². The number of allylic oxidation sites excluding steroid dienone is 2. The molecular formula is C14H26O. The van der Waals surface area contributed by atoms with Crippen LogP contribution >= 0.6 is 0 Å². The third-order valence-corrected chi connectivity index (χ3v) is 2.76. The van der Waals surface area contributed by atoms with Gasteiger partial charge in [-0.05, 0) is 39.0 Å². The minimum Gasteiger partial charge on any atom is -0.300 e. The predicted octanol–water partition coefficient (Wildman–Crippen LogP) is 4.52. The molecular weight excluding hydrogens is 184 g/mol. The molecule has 1 nitrogen and oxygen atoms in total. The van der Waals surface area contributed by atoms with Crippen molar-refractivity contribution in [3.63, 3.8) is 0 Å². The highest BCUT2D eigenvalue weighted by atomic mass is 16.1. The van der Waals surface area contributed by atoms with Gasteiger partial charge in [0.15, 0.2) is 0 Å². The molecule has 0 fully saturated rings. The number of carbonyl (C=O) groups is 1. The molecule has 15 heavy (non-hydrogen) atoms. The van der Waals surface area contributed by atoms with Crippen LogP contribution < -0.4 is 0 Å². The Hall–Kier alpha value is -0.590. The molecule has 0 N–H and O–H groups in total. The van der Waals surface area contributed by atoms with Gasteiger partial charge in [-0.25, -0.2) is 0 Å². The summed E-state index contributed by atoms with van der Waals surface area (Å²) in [6, 6.07) is 0. The Morgan fingerprint density at radius 1 is 1.27 bits per heavy atom. The lowest BCUT2D eigenvalue weighted by Crippen LogP contribution is -1.99. The Balaban J connectivity index is 3.45. The van der Waals surface area contributed by atoms with Crippen LogP contribution in [0.1, 0.15) is 66.2 Å². The third kappa shape index (κ3) is 9.71. The number of rotatable bonds is 8. The summed E-state index contributed by atoms with van der Waals surface area (Å²) in [4.78, 5) is 11.1. The van der Waals surface area contributed by atoms with Gasteiger partial charge >= 0.3 is 0 Å². The van der Waals surface area contributed by atoms with Gasteiger partial charge in [0, 0.05) is 12.8 Å². The number of ketones is 1. The Bertz CT molecular complexity index is 199. The molecule has 0 aromatic carbocycles. The van der Waals surface area contributed by atoms with Crippen molar-refractivity contribution in [2.45, 2.75) is 66.2 Å². The summed E-state index contributed by atoms with van der Waals surface area (Å²) in [5.74, 6) is 1.16. The fourth-order valence-corrected chi connectivity index (χ4v) is 1.63. The van der Waals surface area contributed by atoms with Gasteiger partial charge in [0.2, 0.25) is 0 Å². The lowest BCUT2D eigenvalue weighted by Gasteiger charge is -2.09. The maximum Gasteiger partial charge on any atom is 0.132 e. The van der Waals surface area contributed by atoms with Crippen molar-refractivity contribution in [1.82, 2.24) is 0 Å². The molecule has 0 aromatic heterocycles. The molecule has 0 amide bonds. The average molecular weight is 210 g/mol. The second-order valence-corrected chi connectivity index (χ2v) is 4.75. The van der Waals surface area contributed by atoms with E-state index in [1.807, 2.05) is 6.92 Å². The first kappa shape index (κ1) is 14.4. The molecule has 1 heteroatoms. The first-order chi connectivity index (χ1) is 7.06. The number of hydrogen-bond acceptors (Lipinski definition) is 1. The van der Waals surface area contributed by atoms with E-state index < -0.39 is 0 Å². The van der Waals surface area contributed by atoms with E-state index in [4.69, 9.17) is 0 Å². The number of hydrogen-bond donors (Lipinski definition) is 0. The van der Waals surface area contributed by atoms with Gasteiger partial charge in [0.05, 0.1) is 0 Å². The average Bonchev–Trinajstić information content (AvgIpc) is 2.17. The maximum atomic E-state index is 11.1. The standard InChI is InChI=1S/C14H26O/c1-5-14(15)11-7-10-13(4)9-6-8-12(2)3/h8,13H,5-7,9-11H2,1-4H3. The van der Waals surface area contributed by atoms with Crippen LogP contribution in [0.4, 0.5) is 0 Å². The quantitative estimate of drug-likeness (QED) is 0.538. The lowest BCUT2D eigenvalue weighted by atomic mass is 9.97. The van der Waals surface area contributed by atoms with Crippen LogP contribution in [0.25, 0.3) is 0 Å². The van der Waals surface area contributed by atoms with Crippen LogP contribution in [0.5, 0.6) is 0 Å². The zero-order chi connectivity index (χ0) is 11.7. The van der Waals surface area contributed by atoms with E-state index in [1.165, 1.54) is 24.8 Å². The molecule has 1 unspecified atom stereocenters. The molecule has 1 atom stereocenters. The normalized spacial score (nSPS) is 12.3. The summed E-state index contributed by atoms with van der Waals surface area (Å²) in [5, 5.41) is 0. The van der Waals surface area contributed by atoms with Crippen molar-refractivity contribution < 1.29 is 4.79 Å². The molecule has 0 spiro atoms. The van der Waals surface area contributed by atoms with Crippen LogP contribution in [0.3, 0.4) is 0 Å². The van der Waals surface area contributed by atoms with Gasteiger partial charge in [-0.15, -0.1) is 0 Å². The molecule has 0 rings (SSSR count).